The maximum atomic E-state index is 14.0. The zero-order valence-electron chi connectivity index (χ0n) is 17.7. The number of hydrogen-bond donors (Lipinski definition) is 1. The van der Waals surface area contributed by atoms with Gasteiger partial charge in [-0.25, -0.2) is 14.4 Å². The highest BCUT2D eigenvalue weighted by molar-refractivity contribution is 5.89. The molecular formula is C22H30FN3O3. The average Bonchev–Trinajstić information content (AvgIpc) is 2.67. The molecule has 0 saturated heterocycles. The van der Waals surface area contributed by atoms with Crippen molar-refractivity contribution in [3.8, 4) is 0 Å². The normalized spacial score (nSPS) is 12.4. The van der Waals surface area contributed by atoms with E-state index in [1.165, 1.54) is 25.4 Å². The number of carbonyl (C=O) groups excluding carboxylic acids is 1. The van der Waals surface area contributed by atoms with Gasteiger partial charge in [-0.1, -0.05) is 13.8 Å². The van der Waals surface area contributed by atoms with Crippen LogP contribution in [0.4, 0.5) is 10.1 Å². The third-order valence-corrected chi connectivity index (χ3v) is 4.65. The van der Waals surface area contributed by atoms with Crippen LogP contribution in [0.15, 0.2) is 30.7 Å². The standard InChI is InChI=1S/C22H30FN3O3/c1-6-28-22(29-7-2)21-19(12-24-13-25-21)18(14(3)4)11-16-10-17(23)8-9-20(16)26-15(5)27/h8-10,12-14,18,22H,6-7,11H2,1-5H3,(H,26,27). The monoisotopic (exact) mass is 403 g/mol. The molecule has 1 N–H and O–H groups in total. The third-order valence-electron chi connectivity index (χ3n) is 4.65. The molecule has 0 aliphatic carbocycles. The minimum absolute atomic E-state index is 0.0241. The van der Waals surface area contributed by atoms with Gasteiger partial charge in [-0.2, -0.15) is 0 Å². The third kappa shape index (κ3) is 6.30. The smallest absolute Gasteiger partial charge is 0.221 e. The minimum atomic E-state index is -0.591. The highest BCUT2D eigenvalue weighted by Gasteiger charge is 2.26. The molecule has 0 fully saturated rings. The number of anilines is 1. The van der Waals surface area contributed by atoms with E-state index in [2.05, 4.69) is 29.1 Å². The lowest BCUT2D eigenvalue weighted by Crippen LogP contribution is -2.19. The molecule has 0 bridgehead atoms. The zero-order chi connectivity index (χ0) is 21.4. The molecule has 1 aromatic heterocycles. The molecule has 2 rings (SSSR count). The lowest BCUT2D eigenvalue weighted by Gasteiger charge is -2.27. The summed E-state index contributed by atoms with van der Waals surface area (Å²) < 4.78 is 25.5. The van der Waals surface area contributed by atoms with E-state index in [1.54, 1.807) is 12.3 Å². The molecule has 158 valence electrons. The highest BCUT2D eigenvalue weighted by atomic mass is 19.1. The summed E-state index contributed by atoms with van der Waals surface area (Å²) in [6.07, 6.45) is 3.17. The Hall–Kier alpha value is -2.38. The van der Waals surface area contributed by atoms with E-state index in [0.29, 0.717) is 31.0 Å². The first kappa shape index (κ1) is 22.9. The first-order chi connectivity index (χ1) is 13.9. The van der Waals surface area contributed by atoms with Crippen LogP contribution in [-0.2, 0) is 20.7 Å². The average molecular weight is 403 g/mol. The van der Waals surface area contributed by atoms with Crippen molar-refractivity contribution in [3.63, 3.8) is 0 Å². The summed E-state index contributed by atoms with van der Waals surface area (Å²) in [4.78, 5) is 20.2. The van der Waals surface area contributed by atoms with E-state index in [9.17, 15) is 9.18 Å². The summed E-state index contributed by atoms with van der Waals surface area (Å²) in [5, 5.41) is 2.79. The Kier molecular flexibility index (Phi) is 8.67. The first-order valence-corrected chi connectivity index (χ1v) is 9.96. The van der Waals surface area contributed by atoms with Crippen molar-refractivity contribution in [2.45, 2.75) is 53.2 Å². The molecule has 0 aliphatic heterocycles. The van der Waals surface area contributed by atoms with Gasteiger partial charge in [0.05, 0.1) is 0 Å². The summed E-state index contributed by atoms with van der Waals surface area (Å²) >= 11 is 0. The maximum Gasteiger partial charge on any atom is 0.221 e. The maximum absolute atomic E-state index is 14.0. The van der Waals surface area contributed by atoms with Gasteiger partial charge >= 0.3 is 0 Å². The Bertz CT molecular complexity index is 808. The van der Waals surface area contributed by atoms with Crippen molar-refractivity contribution in [3.05, 3.63) is 53.4 Å². The molecule has 0 radical (unpaired) electrons. The molecule has 0 saturated carbocycles. The Morgan fingerprint density at radius 1 is 1.21 bits per heavy atom. The van der Waals surface area contributed by atoms with Gasteiger partial charge in [-0.05, 0) is 55.9 Å². The number of nitrogens with zero attached hydrogens (tertiary/aromatic N) is 2. The lowest BCUT2D eigenvalue weighted by atomic mass is 9.82. The van der Waals surface area contributed by atoms with Crippen LogP contribution < -0.4 is 5.32 Å². The number of aromatic nitrogens is 2. The number of carbonyl (C=O) groups is 1. The second kappa shape index (κ2) is 11.0. The largest absolute Gasteiger partial charge is 0.347 e. The predicted molar refractivity (Wildman–Crippen MR) is 110 cm³/mol. The van der Waals surface area contributed by atoms with Gasteiger partial charge in [-0.3, -0.25) is 4.79 Å². The number of amides is 1. The van der Waals surface area contributed by atoms with Crippen LogP contribution in [0.2, 0.25) is 0 Å². The number of nitrogens with one attached hydrogen (secondary N) is 1. The predicted octanol–water partition coefficient (Wildman–Crippen LogP) is 4.63. The van der Waals surface area contributed by atoms with Gasteiger partial charge in [0.15, 0.2) is 0 Å². The molecule has 6 nitrogen and oxygen atoms in total. The van der Waals surface area contributed by atoms with Gasteiger partial charge in [-0.15, -0.1) is 0 Å². The van der Waals surface area contributed by atoms with E-state index >= 15 is 0 Å². The fraction of sp³-hybridized carbons (Fsp3) is 0.500. The van der Waals surface area contributed by atoms with Crippen molar-refractivity contribution in [2.75, 3.05) is 18.5 Å². The molecule has 0 spiro atoms. The summed E-state index contributed by atoms with van der Waals surface area (Å²) in [5.41, 5.74) is 2.90. The van der Waals surface area contributed by atoms with Crippen LogP contribution in [0.5, 0.6) is 0 Å². The SMILES string of the molecule is CCOC(OCC)c1ncncc1C(Cc1cc(F)ccc1NC(C)=O)C(C)C. The van der Waals surface area contributed by atoms with Gasteiger partial charge in [0.2, 0.25) is 12.2 Å². The van der Waals surface area contributed by atoms with Crippen LogP contribution in [-0.4, -0.2) is 29.1 Å². The van der Waals surface area contributed by atoms with E-state index in [-0.39, 0.29) is 23.6 Å². The number of ether oxygens (including phenoxy) is 2. The summed E-state index contributed by atoms with van der Waals surface area (Å²) in [6.45, 7) is 10.4. The van der Waals surface area contributed by atoms with Crippen molar-refractivity contribution in [1.82, 2.24) is 9.97 Å². The molecule has 1 amide bonds. The summed E-state index contributed by atoms with van der Waals surface area (Å²) in [7, 11) is 0. The summed E-state index contributed by atoms with van der Waals surface area (Å²) in [5.74, 6) is -0.362. The minimum Gasteiger partial charge on any atom is -0.347 e. The number of hydrogen-bond acceptors (Lipinski definition) is 5. The van der Waals surface area contributed by atoms with Crippen molar-refractivity contribution >= 4 is 11.6 Å². The van der Waals surface area contributed by atoms with Crippen LogP contribution in [0.3, 0.4) is 0 Å². The molecule has 1 unspecified atom stereocenters. The van der Waals surface area contributed by atoms with Crippen LogP contribution in [0, 0.1) is 11.7 Å². The zero-order valence-corrected chi connectivity index (χ0v) is 17.7. The first-order valence-electron chi connectivity index (χ1n) is 9.96. The van der Waals surface area contributed by atoms with Gasteiger partial charge in [0.25, 0.3) is 0 Å². The highest BCUT2D eigenvalue weighted by Crippen LogP contribution is 2.35. The Morgan fingerprint density at radius 3 is 2.48 bits per heavy atom. The molecule has 0 aliphatic rings. The van der Waals surface area contributed by atoms with Crippen LogP contribution in [0.25, 0.3) is 0 Å². The van der Waals surface area contributed by atoms with Gasteiger partial charge in [0.1, 0.15) is 17.8 Å². The van der Waals surface area contributed by atoms with E-state index < -0.39 is 6.29 Å². The lowest BCUT2D eigenvalue weighted by molar-refractivity contribution is -0.143. The molecular weight excluding hydrogens is 373 g/mol. The fourth-order valence-electron chi connectivity index (χ4n) is 3.33. The Labute approximate surface area is 171 Å². The molecule has 1 atom stereocenters. The van der Waals surface area contributed by atoms with Crippen LogP contribution in [0.1, 0.15) is 63.6 Å². The van der Waals surface area contributed by atoms with Gasteiger partial charge < -0.3 is 14.8 Å². The number of rotatable bonds is 10. The van der Waals surface area contributed by atoms with Crippen molar-refractivity contribution in [2.24, 2.45) is 5.92 Å². The molecule has 7 heteroatoms. The molecule has 1 heterocycles. The summed E-state index contributed by atoms with van der Waals surface area (Å²) in [6, 6.07) is 4.40. The molecule has 1 aromatic carbocycles. The van der Waals surface area contributed by atoms with Crippen molar-refractivity contribution < 1.29 is 18.7 Å². The fourth-order valence-corrected chi connectivity index (χ4v) is 3.33. The quantitative estimate of drug-likeness (QED) is 0.586. The van der Waals surface area contributed by atoms with Crippen LogP contribution >= 0.6 is 0 Å². The van der Waals surface area contributed by atoms with Gasteiger partial charge in [0, 0.05) is 37.6 Å². The second-order valence-electron chi connectivity index (χ2n) is 7.14. The van der Waals surface area contributed by atoms with E-state index in [0.717, 1.165) is 11.1 Å². The Balaban J connectivity index is 2.46. The number of benzene rings is 1. The molecule has 29 heavy (non-hydrogen) atoms. The van der Waals surface area contributed by atoms with Crippen molar-refractivity contribution in [1.29, 1.82) is 0 Å². The Morgan fingerprint density at radius 2 is 1.90 bits per heavy atom. The second-order valence-corrected chi connectivity index (χ2v) is 7.14. The van der Waals surface area contributed by atoms with E-state index in [4.69, 9.17) is 9.47 Å². The topological polar surface area (TPSA) is 73.3 Å². The molecule has 2 aromatic rings. The number of halogens is 1. The van der Waals surface area contributed by atoms with E-state index in [1.807, 2.05) is 13.8 Å².